The maximum atomic E-state index is 2.47. The van der Waals surface area contributed by atoms with Gasteiger partial charge in [0, 0.05) is 27.6 Å². The van der Waals surface area contributed by atoms with Crippen molar-refractivity contribution < 1.29 is 0 Å². The first kappa shape index (κ1) is 35.2. The molecule has 0 aliphatic carbocycles. The number of aromatic nitrogens is 1. The Balaban J connectivity index is 1.16. The summed E-state index contributed by atoms with van der Waals surface area (Å²) in [6.45, 7) is 0. The highest BCUT2D eigenvalue weighted by Crippen LogP contribution is 2.48. The largest absolute Gasteiger partial charge is 0.309 e. The number of hydrogen-bond acceptors (Lipinski definition) is 1. The van der Waals surface area contributed by atoms with Crippen molar-refractivity contribution in [1.29, 1.82) is 0 Å². The van der Waals surface area contributed by atoms with E-state index in [2.05, 4.69) is 252 Å². The Hall–Kier alpha value is -7.94. The van der Waals surface area contributed by atoms with Crippen LogP contribution in [-0.2, 0) is 0 Å². The average molecular weight is 765 g/mol. The van der Waals surface area contributed by atoms with Crippen LogP contribution in [0.5, 0.6) is 0 Å². The SMILES string of the molecule is c1ccc(-c2ccc(-c3ccc(N(c4ccccc4)c4cccc5c4c4ccccc4n5-c4ccccc4-c4ccccc4)c(-c4ccc5ccccc5c4)c3)cc2)cc1. The van der Waals surface area contributed by atoms with Gasteiger partial charge in [-0.25, -0.2) is 0 Å². The van der Waals surface area contributed by atoms with Crippen LogP contribution in [0.3, 0.4) is 0 Å². The van der Waals surface area contributed by atoms with Gasteiger partial charge in [-0.2, -0.15) is 0 Å². The van der Waals surface area contributed by atoms with Crippen molar-refractivity contribution in [1.82, 2.24) is 4.57 Å². The molecule has 2 heteroatoms. The minimum Gasteiger partial charge on any atom is -0.309 e. The van der Waals surface area contributed by atoms with Crippen molar-refractivity contribution in [3.8, 4) is 50.2 Å². The van der Waals surface area contributed by atoms with Crippen LogP contribution in [0.2, 0.25) is 0 Å². The molecule has 2 nitrogen and oxygen atoms in total. The highest BCUT2D eigenvalue weighted by atomic mass is 15.2. The fourth-order valence-corrected chi connectivity index (χ4v) is 8.95. The third-order valence-electron chi connectivity index (χ3n) is 11.8. The number of hydrogen-bond donors (Lipinski definition) is 0. The Morgan fingerprint density at radius 2 is 0.867 bits per heavy atom. The second kappa shape index (κ2) is 15.1. The highest BCUT2D eigenvalue weighted by Gasteiger charge is 2.24. The number of anilines is 3. The van der Waals surface area contributed by atoms with Gasteiger partial charge in [-0.1, -0.05) is 188 Å². The first-order chi connectivity index (χ1) is 29.8. The molecule has 11 aromatic rings. The Labute approximate surface area is 350 Å². The molecule has 0 N–H and O–H groups in total. The summed E-state index contributed by atoms with van der Waals surface area (Å²) in [6.07, 6.45) is 0. The van der Waals surface area contributed by atoms with Gasteiger partial charge in [-0.3, -0.25) is 0 Å². The lowest BCUT2D eigenvalue weighted by Gasteiger charge is -2.29. The number of benzene rings is 10. The van der Waals surface area contributed by atoms with E-state index in [0.717, 1.165) is 33.8 Å². The lowest BCUT2D eigenvalue weighted by molar-refractivity contribution is 1.18. The number of fused-ring (bicyclic) bond motifs is 4. The highest BCUT2D eigenvalue weighted by molar-refractivity contribution is 6.17. The van der Waals surface area contributed by atoms with Gasteiger partial charge in [0.25, 0.3) is 0 Å². The summed E-state index contributed by atoms with van der Waals surface area (Å²) in [4.78, 5) is 2.47. The maximum Gasteiger partial charge on any atom is 0.0562 e. The van der Waals surface area contributed by atoms with Crippen molar-refractivity contribution in [3.05, 3.63) is 243 Å². The van der Waals surface area contributed by atoms with Crippen LogP contribution in [0.15, 0.2) is 243 Å². The minimum atomic E-state index is 1.09. The standard InChI is InChI=1S/C58H40N2/c1-4-17-41(18-5-1)43-31-33-44(34-32-43)47-37-38-55(52(40-47)48-36-35-42-19-10-11-22-46(42)39-48)59(49-23-8-3-9-24-49)56-29-16-30-57-58(56)51-26-13-15-28-54(51)60(57)53-27-14-12-25-50(53)45-20-6-2-7-21-45/h1-40H. The lowest BCUT2D eigenvalue weighted by atomic mass is 9.93. The van der Waals surface area contributed by atoms with Gasteiger partial charge in [0.1, 0.15) is 0 Å². The monoisotopic (exact) mass is 764 g/mol. The zero-order valence-electron chi connectivity index (χ0n) is 33.0. The third kappa shape index (κ3) is 6.23. The van der Waals surface area contributed by atoms with Crippen LogP contribution in [0.25, 0.3) is 82.8 Å². The van der Waals surface area contributed by atoms with E-state index < -0.39 is 0 Å². The molecule has 10 aromatic carbocycles. The molecule has 0 atom stereocenters. The maximum absolute atomic E-state index is 2.47. The average Bonchev–Trinajstić information content (AvgIpc) is 3.67. The molecule has 0 spiro atoms. The van der Waals surface area contributed by atoms with Gasteiger partial charge in [0.05, 0.1) is 28.1 Å². The Kier molecular flexibility index (Phi) is 8.87. The fourth-order valence-electron chi connectivity index (χ4n) is 8.95. The molecule has 1 aromatic heterocycles. The molecule has 0 saturated carbocycles. The molecule has 0 radical (unpaired) electrons. The lowest BCUT2D eigenvalue weighted by Crippen LogP contribution is -2.12. The van der Waals surface area contributed by atoms with Gasteiger partial charge in [0.2, 0.25) is 0 Å². The molecule has 11 rings (SSSR count). The van der Waals surface area contributed by atoms with Gasteiger partial charge >= 0.3 is 0 Å². The van der Waals surface area contributed by atoms with Crippen molar-refractivity contribution >= 4 is 49.6 Å². The second-order valence-corrected chi connectivity index (χ2v) is 15.3. The van der Waals surface area contributed by atoms with E-state index in [9.17, 15) is 0 Å². The molecule has 0 saturated heterocycles. The van der Waals surface area contributed by atoms with Crippen LogP contribution in [0.4, 0.5) is 17.1 Å². The summed E-state index contributed by atoms with van der Waals surface area (Å²) in [7, 11) is 0. The number of nitrogens with zero attached hydrogens (tertiary/aromatic N) is 2. The van der Waals surface area contributed by atoms with Gasteiger partial charge in [-0.05, 0) is 98.8 Å². The quantitative estimate of drug-likeness (QED) is 0.150. The zero-order valence-corrected chi connectivity index (χ0v) is 33.0. The van der Waals surface area contributed by atoms with Gasteiger partial charge < -0.3 is 9.47 Å². The van der Waals surface area contributed by atoms with Crippen LogP contribution >= 0.6 is 0 Å². The summed E-state index contributed by atoms with van der Waals surface area (Å²) in [6, 6.07) is 88.0. The number of rotatable bonds is 8. The smallest absolute Gasteiger partial charge is 0.0562 e. The summed E-state index contributed by atoms with van der Waals surface area (Å²) in [5.74, 6) is 0. The Morgan fingerprint density at radius 1 is 0.300 bits per heavy atom. The van der Waals surface area contributed by atoms with E-state index in [1.165, 1.54) is 66.0 Å². The summed E-state index contributed by atoms with van der Waals surface area (Å²) < 4.78 is 2.45. The van der Waals surface area contributed by atoms with E-state index in [1.54, 1.807) is 0 Å². The van der Waals surface area contributed by atoms with E-state index in [4.69, 9.17) is 0 Å². The Bertz CT molecular complexity index is 3290. The minimum absolute atomic E-state index is 1.09. The fraction of sp³-hybridized carbons (Fsp3) is 0. The molecule has 282 valence electrons. The van der Waals surface area contributed by atoms with Crippen molar-refractivity contribution in [2.75, 3.05) is 4.90 Å². The molecule has 1 heterocycles. The van der Waals surface area contributed by atoms with Crippen LogP contribution < -0.4 is 4.90 Å². The van der Waals surface area contributed by atoms with E-state index in [-0.39, 0.29) is 0 Å². The molecule has 0 aliphatic rings. The van der Waals surface area contributed by atoms with Crippen molar-refractivity contribution in [2.45, 2.75) is 0 Å². The summed E-state index contributed by atoms with van der Waals surface area (Å²) in [5, 5.41) is 4.84. The van der Waals surface area contributed by atoms with Crippen LogP contribution in [0.1, 0.15) is 0 Å². The van der Waals surface area contributed by atoms with E-state index in [1.807, 2.05) is 0 Å². The van der Waals surface area contributed by atoms with Gasteiger partial charge in [-0.15, -0.1) is 0 Å². The molecule has 0 fully saturated rings. The summed E-state index contributed by atoms with van der Waals surface area (Å²) >= 11 is 0. The van der Waals surface area contributed by atoms with E-state index in [0.29, 0.717) is 0 Å². The predicted molar refractivity (Wildman–Crippen MR) is 255 cm³/mol. The third-order valence-corrected chi connectivity index (χ3v) is 11.8. The first-order valence-corrected chi connectivity index (χ1v) is 20.6. The number of para-hydroxylation sites is 3. The van der Waals surface area contributed by atoms with Crippen LogP contribution in [-0.4, -0.2) is 4.57 Å². The normalized spacial score (nSPS) is 11.3. The first-order valence-electron chi connectivity index (χ1n) is 20.6. The topological polar surface area (TPSA) is 8.17 Å². The molecular weight excluding hydrogens is 725 g/mol. The molecule has 0 bridgehead atoms. The van der Waals surface area contributed by atoms with E-state index >= 15 is 0 Å². The molecule has 0 amide bonds. The zero-order chi connectivity index (χ0) is 39.8. The molecule has 0 aliphatic heterocycles. The van der Waals surface area contributed by atoms with Gasteiger partial charge in [0.15, 0.2) is 0 Å². The second-order valence-electron chi connectivity index (χ2n) is 15.3. The molecular formula is C58H40N2. The molecule has 0 unspecified atom stereocenters. The summed E-state index contributed by atoms with van der Waals surface area (Å²) in [5.41, 5.74) is 16.3. The predicted octanol–water partition coefficient (Wildman–Crippen LogP) is 16.1. The Morgan fingerprint density at radius 3 is 1.65 bits per heavy atom. The molecule has 60 heavy (non-hydrogen) atoms. The van der Waals surface area contributed by atoms with Crippen LogP contribution in [0, 0.1) is 0 Å². The van der Waals surface area contributed by atoms with Crippen molar-refractivity contribution in [2.24, 2.45) is 0 Å². The van der Waals surface area contributed by atoms with Crippen molar-refractivity contribution in [3.63, 3.8) is 0 Å².